The fourth-order valence-corrected chi connectivity index (χ4v) is 5.63. The summed E-state index contributed by atoms with van der Waals surface area (Å²) >= 11 is 0. The second kappa shape index (κ2) is 13.1. The average molecular weight is 589 g/mol. The zero-order chi connectivity index (χ0) is 30.6. The lowest BCUT2D eigenvalue weighted by Gasteiger charge is -2.32. The van der Waals surface area contributed by atoms with Crippen LogP contribution in [0.25, 0.3) is 5.57 Å². The highest BCUT2D eigenvalue weighted by molar-refractivity contribution is 5.94. The first-order valence-corrected chi connectivity index (χ1v) is 15.1. The number of halogens is 1. The number of likely N-dealkylation sites (tertiary alicyclic amines) is 1. The van der Waals surface area contributed by atoms with Crippen LogP contribution in [0.15, 0.2) is 66.5 Å². The van der Waals surface area contributed by atoms with Gasteiger partial charge in [0.15, 0.2) is 0 Å². The minimum Gasteiger partial charge on any atom is -0.444 e. The van der Waals surface area contributed by atoms with Crippen LogP contribution in [-0.4, -0.2) is 58.6 Å². The van der Waals surface area contributed by atoms with E-state index in [9.17, 15) is 14.0 Å². The molecule has 228 valence electrons. The van der Waals surface area contributed by atoms with Crippen molar-refractivity contribution in [3.05, 3.63) is 94.6 Å². The Morgan fingerprint density at radius 2 is 1.58 bits per heavy atom. The van der Waals surface area contributed by atoms with Gasteiger partial charge < -0.3 is 19.7 Å². The molecule has 0 radical (unpaired) electrons. The molecule has 0 spiro atoms. The fourth-order valence-electron chi connectivity index (χ4n) is 5.63. The Hall–Kier alpha value is -3.98. The Bertz CT molecular complexity index is 1440. The number of ether oxygens (including phenoxy) is 2. The van der Waals surface area contributed by atoms with Gasteiger partial charge in [0.1, 0.15) is 11.4 Å². The van der Waals surface area contributed by atoms with Crippen LogP contribution in [0, 0.1) is 5.82 Å². The maximum Gasteiger partial charge on any atom is 0.410 e. The van der Waals surface area contributed by atoms with Crippen LogP contribution in [0.2, 0.25) is 0 Å². The van der Waals surface area contributed by atoms with Crippen molar-refractivity contribution in [2.45, 2.75) is 71.1 Å². The summed E-state index contributed by atoms with van der Waals surface area (Å²) in [5.74, 6) is -0.452. The number of nitrogens with one attached hydrogen (secondary N) is 1. The zero-order valence-corrected chi connectivity index (χ0v) is 25.4. The Morgan fingerprint density at radius 1 is 0.977 bits per heavy atom. The second-order valence-electron chi connectivity index (χ2n) is 12.3. The number of hydrogen-bond acceptors (Lipinski definition) is 5. The van der Waals surface area contributed by atoms with Gasteiger partial charge in [-0.15, -0.1) is 0 Å². The Balaban J connectivity index is 1.30. The monoisotopic (exact) mass is 588 g/mol. The predicted molar refractivity (Wildman–Crippen MR) is 163 cm³/mol. The third-order valence-electron chi connectivity index (χ3n) is 7.98. The molecule has 43 heavy (non-hydrogen) atoms. The summed E-state index contributed by atoms with van der Waals surface area (Å²) in [7, 11) is 0. The van der Waals surface area contributed by atoms with Gasteiger partial charge in [0.05, 0.1) is 23.8 Å². The first kappa shape index (κ1) is 30.5. The molecule has 3 heterocycles. The highest BCUT2D eigenvalue weighted by Gasteiger charge is 2.26. The molecule has 0 saturated carbocycles. The molecule has 1 aromatic heterocycles. The van der Waals surface area contributed by atoms with Crippen LogP contribution < -0.4 is 5.32 Å². The summed E-state index contributed by atoms with van der Waals surface area (Å²) in [6.07, 6.45) is 6.31. The molecule has 0 aliphatic carbocycles. The standard InChI is InChI=1S/C34H41FN4O4/c1-23(37-32(40)28-21-36-39(22-28)30-15-19-42-20-16-30)24-5-7-25(8-6-24)31(26-9-11-29(35)12-10-26)27-13-17-38(18-14-27)33(41)43-34(2,3)4/h5-12,21-23,30H,13-20H2,1-4H3,(H,37,40)/t23-/m1/s1. The summed E-state index contributed by atoms with van der Waals surface area (Å²) < 4.78 is 26.7. The second-order valence-corrected chi connectivity index (χ2v) is 12.3. The lowest BCUT2D eigenvalue weighted by Crippen LogP contribution is -2.40. The third-order valence-corrected chi connectivity index (χ3v) is 7.98. The molecule has 1 atom stereocenters. The van der Waals surface area contributed by atoms with Crippen molar-refractivity contribution in [2.75, 3.05) is 26.3 Å². The van der Waals surface area contributed by atoms with E-state index in [4.69, 9.17) is 9.47 Å². The van der Waals surface area contributed by atoms with Crippen molar-refractivity contribution < 1.29 is 23.5 Å². The molecule has 0 bridgehead atoms. The molecule has 3 aromatic rings. The van der Waals surface area contributed by atoms with Crippen LogP contribution >= 0.6 is 0 Å². The number of hydrogen-bond donors (Lipinski definition) is 1. The minimum atomic E-state index is -0.544. The molecule has 9 heteroatoms. The van der Waals surface area contributed by atoms with Crippen molar-refractivity contribution in [3.8, 4) is 0 Å². The summed E-state index contributed by atoms with van der Waals surface area (Å²) in [6, 6.07) is 14.7. The molecule has 2 aliphatic rings. The SMILES string of the molecule is C[C@@H](NC(=O)c1cnn(C2CCOCC2)c1)c1ccc(C(=C2CCN(C(=O)OC(C)(C)C)CC2)c2ccc(F)cc2)cc1. The first-order valence-electron chi connectivity index (χ1n) is 15.1. The van der Waals surface area contributed by atoms with E-state index in [1.807, 2.05) is 62.8 Å². The van der Waals surface area contributed by atoms with Gasteiger partial charge in [0, 0.05) is 32.5 Å². The summed E-state index contributed by atoms with van der Waals surface area (Å²) in [5, 5.41) is 7.51. The average Bonchev–Trinajstić information content (AvgIpc) is 3.49. The first-order chi connectivity index (χ1) is 20.6. The molecule has 8 nitrogen and oxygen atoms in total. The van der Waals surface area contributed by atoms with Gasteiger partial charge in [-0.05, 0) is 87.8 Å². The predicted octanol–water partition coefficient (Wildman–Crippen LogP) is 6.70. The molecule has 2 aromatic carbocycles. The highest BCUT2D eigenvalue weighted by Crippen LogP contribution is 2.33. The van der Waals surface area contributed by atoms with E-state index in [1.54, 1.807) is 23.2 Å². The molecule has 2 fully saturated rings. The van der Waals surface area contributed by atoms with Gasteiger partial charge in [-0.2, -0.15) is 5.10 Å². The van der Waals surface area contributed by atoms with E-state index in [2.05, 4.69) is 10.4 Å². The van der Waals surface area contributed by atoms with Gasteiger partial charge in [-0.25, -0.2) is 9.18 Å². The van der Waals surface area contributed by atoms with E-state index < -0.39 is 5.60 Å². The number of carbonyl (C=O) groups is 2. The van der Waals surface area contributed by atoms with Gasteiger partial charge in [-0.3, -0.25) is 9.48 Å². The zero-order valence-electron chi connectivity index (χ0n) is 25.4. The Labute approximate surface area is 252 Å². The lowest BCUT2D eigenvalue weighted by atomic mass is 9.88. The highest BCUT2D eigenvalue weighted by atomic mass is 19.1. The topological polar surface area (TPSA) is 85.7 Å². The summed E-state index contributed by atoms with van der Waals surface area (Å²) in [6.45, 7) is 10.1. The van der Waals surface area contributed by atoms with Crippen molar-refractivity contribution >= 4 is 17.6 Å². The maximum atomic E-state index is 13.8. The Morgan fingerprint density at radius 3 is 2.19 bits per heavy atom. The van der Waals surface area contributed by atoms with E-state index in [-0.39, 0.29) is 29.9 Å². The summed E-state index contributed by atoms with van der Waals surface area (Å²) in [5.41, 5.74) is 5.16. The molecular weight excluding hydrogens is 547 g/mol. The van der Waals surface area contributed by atoms with Crippen molar-refractivity contribution in [2.24, 2.45) is 0 Å². The number of rotatable bonds is 6. The van der Waals surface area contributed by atoms with E-state index in [0.717, 1.165) is 35.1 Å². The quantitative estimate of drug-likeness (QED) is 0.347. The van der Waals surface area contributed by atoms with Gasteiger partial charge in [0.25, 0.3) is 5.91 Å². The lowest BCUT2D eigenvalue weighted by molar-refractivity contribution is 0.0236. The summed E-state index contributed by atoms with van der Waals surface area (Å²) in [4.78, 5) is 27.4. The number of carbonyl (C=O) groups excluding carboxylic acids is 2. The van der Waals surface area contributed by atoms with Gasteiger partial charge >= 0.3 is 6.09 Å². The van der Waals surface area contributed by atoms with Crippen molar-refractivity contribution in [3.63, 3.8) is 0 Å². The molecule has 0 unspecified atom stereocenters. The maximum absolute atomic E-state index is 13.8. The molecule has 2 aliphatic heterocycles. The van der Waals surface area contributed by atoms with Crippen LogP contribution in [0.1, 0.15) is 92.5 Å². The van der Waals surface area contributed by atoms with Crippen molar-refractivity contribution in [1.82, 2.24) is 20.0 Å². The van der Waals surface area contributed by atoms with Crippen LogP contribution in [0.4, 0.5) is 9.18 Å². The largest absolute Gasteiger partial charge is 0.444 e. The normalized spacial score (nSPS) is 17.0. The minimum absolute atomic E-state index is 0.166. The molecule has 5 rings (SSSR count). The van der Waals surface area contributed by atoms with E-state index >= 15 is 0 Å². The van der Waals surface area contributed by atoms with Crippen LogP contribution in [0.3, 0.4) is 0 Å². The number of aromatic nitrogens is 2. The van der Waals surface area contributed by atoms with Gasteiger partial charge in [-0.1, -0.05) is 42.0 Å². The number of nitrogens with zero attached hydrogens (tertiary/aromatic N) is 3. The fraction of sp³-hybridized carbons (Fsp3) is 0.441. The number of amides is 2. The number of piperidine rings is 1. The van der Waals surface area contributed by atoms with E-state index in [1.165, 1.54) is 17.7 Å². The third kappa shape index (κ3) is 7.70. The van der Waals surface area contributed by atoms with Crippen molar-refractivity contribution in [1.29, 1.82) is 0 Å². The number of benzene rings is 2. The van der Waals surface area contributed by atoms with Crippen LogP contribution in [0.5, 0.6) is 0 Å². The molecule has 2 saturated heterocycles. The molecule has 1 N–H and O–H groups in total. The van der Waals surface area contributed by atoms with Gasteiger partial charge in [0.2, 0.25) is 0 Å². The van der Waals surface area contributed by atoms with E-state index in [0.29, 0.717) is 44.7 Å². The smallest absolute Gasteiger partial charge is 0.410 e. The molecular formula is C34H41FN4O4. The molecule has 2 amide bonds. The van der Waals surface area contributed by atoms with Crippen LogP contribution in [-0.2, 0) is 9.47 Å². The Kier molecular flexibility index (Phi) is 9.30.